The van der Waals surface area contributed by atoms with Gasteiger partial charge in [0.1, 0.15) is 0 Å². The first kappa shape index (κ1) is 19.6. The molecule has 142 valence electrons. The molecule has 1 fully saturated rings. The number of nitrogens with zero attached hydrogens (tertiary/aromatic N) is 1. The lowest BCUT2D eigenvalue weighted by molar-refractivity contribution is 0.208. The molecule has 0 bridgehead atoms. The summed E-state index contributed by atoms with van der Waals surface area (Å²) in [6, 6.07) is 20.4. The predicted octanol–water partition coefficient (Wildman–Crippen LogP) is 6.25. The molecule has 0 spiro atoms. The quantitative estimate of drug-likeness (QED) is 0.593. The van der Waals surface area contributed by atoms with Crippen molar-refractivity contribution >= 4 is 0 Å². The first-order valence-corrected chi connectivity index (χ1v) is 10.4. The summed E-state index contributed by atoms with van der Waals surface area (Å²) in [6.07, 6.45) is 8.00. The van der Waals surface area contributed by atoms with Gasteiger partial charge in [-0.2, -0.15) is 5.26 Å². The van der Waals surface area contributed by atoms with Crippen LogP contribution < -0.4 is 0 Å². The zero-order valence-corrected chi connectivity index (χ0v) is 16.5. The Hall–Kier alpha value is -2.11. The maximum Gasteiger partial charge on any atom is 0.0689 e. The van der Waals surface area contributed by atoms with Gasteiger partial charge in [-0.15, -0.1) is 0 Å². The minimum absolute atomic E-state index is 0.202. The molecule has 2 unspecified atom stereocenters. The van der Waals surface area contributed by atoms with E-state index in [4.69, 9.17) is 5.11 Å². The van der Waals surface area contributed by atoms with Gasteiger partial charge in [0.05, 0.1) is 11.5 Å². The van der Waals surface area contributed by atoms with Crippen LogP contribution >= 0.6 is 0 Å². The van der Waals surface area contributed by atoms with Crippen LogP contribution in [0.3, 0.4) is 0 Å². The maximum absolute atomic E-state index is 9.83. The van der Waals surface area contributed by atoms with Crippen LogP contribution in [0.5, 0.6) is 0 Å². The Morgan fingerprint density at radius 2 is 1.70 bits per heavy atom. The average Bonchev–Trinajstić information content (AvgIpc) is 2.74. The molecule has 1 aliphatic rings. The highest BCUT2D eigenvalue weighted by molar-refractivity contribution is 5.64. The maximum atomic E-state index is 9.83. The topological polar surface area (TPSA) is 44.0 Å². The highest BCUT2D eigenvalue weighted by atomic mass is 16.2. The third kappa shape index (κ3) is 4.79. The highest BCUT2D eigenvalue weighted by Gasteiger charge is 2.36. The summed E-state index contributed by atoms with van der Waals surface area (Å²) in [5, 5.41) is 18.9. The Balaban J connectivity index is 1.71. The minimum Gasteiger partial charge on any atom is -0.396 e. The molecule has 2 nitrogen and oxygen atoms in total. The normalized spacial score (nSPS) is 22.3. The zero-order valence-electron chi connectivity index (χ0n) is 16.5. The van der Waals surface area contributed by atoms with E-state index in [1.807, 2.05) is 0 Å². The molecule has 1 saturated carbocycles. The van der Waals surface area contributed by atoms with E-state index in [0.29, 0.717) is 5.92 Å². The van der Waals surface area contributed by atoms with Gasteiger partial charge in [0.15, 0.2) is 0 Å². The Morgan fingerprint density at radius 3 is 2.30 bits per heavy atom. The fourth-order valence-electron chi connectivity index (χ4n) is 4.49. The van der Waals surface area contributed by atoms with Gasteiger partial charge in [0.25, 0.3) is 0 Å². The summed E-state index contributed by atoms with van der Waals surface area (Å²) in [4.78, 5) is 0. The number of rotatable bonds is 7. The number of unbranched alkanes of at least 4 members (excludes halogenated alkanes) is 1. The highest BCUT2D eigenvalue weighted by Crippen LogP contribution is 2.46. The summed E-state index contributed by atoms with van der Waals surface area (Å²) in [7, 11) is 0. The molecule has 0 saturated heterocycles. The number of aliphatic hydroxyl groups is 1. The summed E-state index contributed by atoms with van der Waals surface area (Å²) >= 11 is 0. The number of aryl methyl sites for hydroxylation is 1. The van der Waals surface area contributed by atoms with Gasteiger partial charge in [-0.25, -0.2) is 0 Å². The van der Waals surface area contributed by atoms with Crippen molar-refractivity contribution in [3.63, 3.8) is 0 Å². The lowest BCUT2D eigenvalue weighted by atomic mass is 9.66. The van der Waals surface area contributed by atoms with Gasteiger partial charge in [-0.1, -0.05) is 61.9 Å². The van der Waals surface area contributed by atoms with Gasteiger partial charge in [-0.05, 0) is 73.1 Å². The van der Waals surface area contributed by atoms with Crippen molar-refractivity contribution in [2.75, 3.05) is 6.61 Å². The van der Waals surface area contributed by atoms with Crippen molar-refractivity contribution in [3.05, 3.63) is 59.7 Å². The minimum atomic E-state index is -0.202. The first-order valence-electron chi connectivity index (χ1n) is 10.4. The Kier molecular flexibility index (Phi) is 6.69. The molecule has 1 aliphatic carbocycles. The van der Waals surface area contributed by atoms with Crippen LogP contribution in [0.15, 0.2) is 48.5 Å². The zero-order chi connectivity index (χ0) is 19.1. The van der Waals surface area contributed by atoms with Crippen molar-refractivity contribution in [2.45, 2.75) is 64.2 Å². The molecule has 0 amide bonds. The van der Waals surface area contributed by atoms with Crippen molar-refractivity contribution < 1.29 is 5.11 Å². The molecule has 1 N–H and O–H groups in total. The molecule has 27 heavy (non-hydrogen) atoms. The number of nitriles is 1. The smallest absolute Gasteiger partial charge is 0.0689 e. The lowest BCUT2D eigenvalue weighted by Crippen LogP contribution is -2.26. The second kappa shape index (κ2) is 9.20. The fraction of sp³-hybridized carbons (Fsp3) is 0.480. The summed E-state index contributed by atoms with van der Waals surface area (Å²) in [6.45, 7) is 2.41. The van der Waals surface area contributed by atoms with Crippen LogP contribution in [0.1, 0.15) is 68.9 Å². The first-order chi connectivity index (χ1) is 13.2. The van der Waals surface area contributed by atoms with E-state index in [2.05, 4.69) is 61.5 Å². The molecule has 2 aromatic rings. The molecule has 2 aromatic carbocycles. The van der Waals surface area contributed by atoms with Crippen LogP contribution in [0.2, 0.25) is 0 Å². The van der Waals surface area contributed by atoms with Crippen molar-refractivity contribution in [1.82, 2.24) is 0 Å². The van der Waals surface area contributed by atoms with Crippen molar-refractivity contribution in [2.24, 2.45) is 5.41 Å². The van der Waals surface area contributed by atoms with E-state index in [0.717, 1.165) is 44.9 Å². The van der Waals surface area contributed by atoms with E-state index in [1.165, 1.54) is 28.7 Å². The van der Waals surface area contributed by atoms with E-state index >= 15 is 0 Å². The van der Waals surface area contributed by atoms with Gasteiger partial charge < -0.3 is 5.11 Å². The summed E-state index contributed by atoms with van der Waals surface area (Å²) in [5.41, 5.74) is 5.05. The standard InChI is InChI=1S/C25H31NO/c1-2-20-7-9-21(10-8-20)22-11-13-23(14-12-22)24-6-5-16-25(18-24,19-26)15-3-4-17-27/h7-14,24,27H,2-6,15-18H2,1H3. The van der Waals surface area contributed by atoms with Crippen LogP contribution in [0, 0.1) is 16.7 Å². The van der Waals surface area contributed by atoms with Gasteiger partial charge >= 0.3 is 0 Å². The Labute approximate surface area is 163 Å². The third-order valence-corrected chi connectivity index (χ3v) is 6.22. The van der Waals surface area contributed by atoms with E-state index < -0.39 is 0 Å². The predicted molar refractivity (Wildman–Crippen MR) is 111 cm³/mol. The molecular weight excluding hydrogens is 330 g/mol. The second-order valence-corrected chi connectivity index (χ2v) is 8.04. The average molecular weight is 362 g/mol. The molecular formula is C25H31NO. The second-order valence-electron chi connectivity index (χ2n) is 8.04. The molecule has 3 rings (SSSR count). The van der Waals surface area contributed by atoms with Gasteiger partial charge in [-0.3, -0.25) is 0 Å². The van der Waals surface area contributed by atoms with Crippen LogP contribution in [0.4, 0.5) is 0 Å². The summed E-state index contributed by atoms with van der Waals surface area (Å²) < 4.78 is 0. The van der Waals surface area contributed by atoms with E-state index in [1.54, 1.807) is 0 Å². The van der Waals surface area contributed by atoms with E-state index in [9.17, 15) is 5.26 Å². The Morgan fingerprint density at radius 1 is 1.04 bits per heavy atom. The van der Waals surface area contributed by atoms with E-state index in [-0.39, 0.29) is 12.0 Å². The number of aliphatic hydroxyl groups excluding tert-OH is 1. The molecule has 0 aliphatic heterocycles. The third-order valence-electron chi connectivity index (χ3n) is 6.22. The largest absolute Gasteiger partial charge is 0.396 e. The SMILES string of the molecule is CCc1ccc(-c2ccc(C3CCCC(C#N)(CCCCO)C3)cc2)cc1. The lowest BCUT2D eigenvalue weighted by Gasteiger charge is -2.36. The van der Waals surface area contributed by atoms with Crippen LogP contribution in [-0.2, 0) is 6.42 Å². The molecule has 0 radical (unpaired) electrons. The molecule has 2 heteroatoms. The Bertz CT molecular complexity index is 756. The molecule has 2 atom stereocenters. The fourth-order valence-corrected chi connectivity index (χ4v) is 4.49. The van der Waals surface area contributed by atoms with Crippen molar-refractivity contribution in [3.8, 4) is 17.2 Å². The molecule has 0 aromatic heterocycles. The number of hydrogen-bond acceptors (Lipinski definition) is 2. The van der Waals surface area contributed by atoms with Gasteiger partial charge in [0.2, 0.25) is 0 Å². The van der Waals surface area contributed by atoms with Gasteiger partial charge in [0, 0.05) is 6.61 Å². The van der Waals surface area contributed by atoms with Crippen molar-refractivity contribution in [1.29, 1.82) is 5.26 Å². The monoisotopic (exact) mass is 361 g/mol. The number of hydrogen-bond donors (Lipinski definition) is 1. The van der Waals surface area contributed by atoms with Crippen LogP contribution in [0.25, 0.3) is 11.1 Å². The number of benzene rings is 2. The molecule has 0 heterocycles. The summed E-state index contributed by atoms with van der Waals surface area (Å²) in [5.74, 6) is 0.476. The van der Waals surface area contributed by atoms with Crippen LogP contribution in [-0.4, -0.2) is 11.7 Å².